The zero-order valence-corrected chi connectivity index (χ0v) is 8.96. The van der Waals surface area contributed by atoms with Gasteiger partial charge in [-0.1, -0.05) is 6.58 Å². The third-order valence-corrected chi connectivity index (χ3v) is 1.95. The van der Waals surface area contributed by atoms with Crippen LogP contribution in [0, 0.1) is 0 Å². The minimum absolute atomic E-state index is 0.102. The van der Waals surface area contributed by atoms with E-state index in [4.69, 9.17) is 5.73 Å². The SMILES string of the molecule is C=CC(=O)NCCCN(C)CCCN. The van der Waals surface area contributed by atoms with E-state index in [9.17, 15) is 4.79 Å². The van der Waals surface area contributed by atoms with Gasteiger partial charge < -0.3 is 16.0 Å². The number of rotatable bonds is 8. The van der Waals surface area contributed by atoms with E-state index in [-0.39, 0.29) is 5.91 Å². The Morgan fingerprint density at radius 2 is 2.14 bits per heavy atom. The van der Waals surface area contributed by atoms with Gasteiger partial charge in [-0.3, -0.25) is 4.79 Å². The van der Waals surface area contributed by atoms with Gasteiger partial charge in [-0.05, 0) is 45.6 Å². The third-order valence-electron chi connectivity index (χ3n) is 1.95. The Labute approximate surface area is 86.1 Å². The second-order valence-corrected chi connectivity index (χ2v) is 3.29. The zero-order valence-electron chi connectivity index (χ0n) is 8.96. The molecule has 0 aromatic carbocycles. The van der Waals surface area contributed by atoms with Crippen LogP contribution in [-0.2, 0) is 4.79 Å². The van der Waals surface area contributed by atoms with Crippen molar-refractivity contribution in [2.24, 2.45) is 5.73 Å². The molecular weight excluding hydrogens is 178 g/mol. The lowest BCUT2D eigenvalue weighted by Gasteiger charge is -2.15. The van der Waals surface area contributed by atoms with Crippen LogP contribution in [0.4, 0.5) is 0 Å². The van der Waals surface area contributed by atoms with Crippen LogP contribution < -0.4 is 11.1 Å². The molecule has 0 aromatic heterocycles. The highest BCUT2D eigenvalue weighted by molar-refractivity contribution is 5.86. The van der Waals surface area contributed by atoms with Crippen molar-refractivity contribution in [2.75, 3.05) is 33.2 Å². The normalized spacial score (nSPS) is 10.2. The molecule has 0 rings (SSSR count). The molecule has 14 heavy (non-hydrogen) atoms. The van der Waals surface area contributed by atoms with Crippen molar-refractivity contribution >= 4 is 5.91 Å². The van der Waals surface area contributed by atoms with E-state index in [0.29, 0.717) is 6.54 Å². The van der Waals surface area contributed by atoms with Gasteiger partial charge in [0.05, 0.1) is 0 Å². The monoisotopic (exact) mass is 199 g/mol. The lowest BCUT2D eigenvalue weighted by Crippen LogP contribution is -2.28. The van der Waals surface area contributed by atoms with Crippen LogP contribution in [0.1, 0.15) is 12.8 Å². The van der Waals surface area contributed by atoms with Gasteiger partial charge in [0.1, 0.15) is 0 Å². The van der Waals surface area contributed by atoms with Crippen LogP contribution in [0.2, 0.25) is 0 Å². The number of carbonyl (C=O) groups excluding carboxylic acids is 1. The molecule has 4 heteroatoms. The van der Waals surface area contributed by atoms with Crippen molar-refractivity contribution in [3.63, 3.8) is 0 Å². The molecule has 0 aliphatic carbocycles. The quantitative estimate of drug-likeness (QED) is 0.426. The van der Waals surface area contributed by atoms with Crippen LogP contribution in [0.5, 0.6) is 0 Å². The van der Waals surface area contributed by atoms with Crippen molar-refractivity contribution in [1.29, 1.82) is 0 Å². The van der Waals surface area contributed by atoms with E-state index >= 15 is 0 Å². The van der Waals surface area contributed by atoms with Gasteiger partial charge in [0.15, 0.2) is 0 Å². The Balaban J connectivity index is 3.26. The Morgan fingerprint density at radius 3 is 2.71 bits per heavy atom. The average molecular weight is 199 g/mol. The third kappa shape index (κ3) is 7.76. The molecule has 1 amide bonds. The highest BCUT2D eigenvalue weighted by atomic mass is 16.1. The Bertz CT molecular complexity index is 171. The summed E-state index contributed by atoms with van der Waals surface area (Å²) in [5, 5.41) is 2.74. The first kappa shape index (κ1) is 13.1. The molecule has 0 radical (unpaired) electrons. The fraction of sp³-hybridized carbons (Fsp3) is 0.700. The fourth-order valence-corrected chi connectivity index (χ4v) is 1.11. The summed E-state index contributed by atoms with van der Waals surface area (Å²) in [7, 11) is 2.06. The molecule has 4 nitrogen and oxygen atoms in total. The van der Waals surface area contributed by atoms with Crippen molar-refractivity contribution in [3.8, 4) is 0 Å². The highest BCUT2D eigenvalue weighted by Gasteiger charge is 1.97. The number of nitrogens with zero attached hydrogens (tertiary/aromatic N) is 1. The largest absolute Gasteiger partial charge is 0.353 e. The smallest absolute Gasteiger partial charge is 0.243 e. The maximum atomic E-state index is 10.8. The van der Waals surface area contributed by atoms with Crippen LogP contribution in [0.3, 0.4) is 0 Å². The average Bonchev–Trinajstić information content (AvgIpc) is 2.21. The van der Waals surface area contributed by atoms with Gasteiger partial charge in [-0.15, -0.1) is 0 Å². The van der Waals surface area contributed by atoms with Crippen LogP contribution >= 0.6 is 0 Å². The zero-order chi connectivity index (χ0) is 10.8. The highest BCUT2D eigenvalue weighted by Crippen LogP contribution is 1.88. The van der Waals surface area contributed by atoms with E-state index < -0.39 is 0 Å². The molecule has 0 heterocycles. The second-order valence-electron chi connectivity index (χ2n) is 3.29. The number of carbonyl (C=O) groups is 1. The molecule has 0 unspecified atom stereocenters. The fourth-order valence-electron chi connectivity index (χ4n) is 1.11. The predicted molar refractivity (Wildman–Crippen MR) is 59.0 cm³/mol. The van der Waals surface area contributed by atoms with E-state index in [1.807, 2.05) is 0 Å². The van der Waals surface area contributed by atoms with Crippen LogP contribution in [-0.4, -0.2) is 44.0 Å². The van der Waals surface area contributed by atoms with E-state index in [2.05, 4.69) is 23.8 Å². The summed E-state index contributed by atoms with van der Waals surface area (Å²) in [5.41, 5.74) is 5.39. The molecule has 0 saturated heterocycles. The summed E-state index contributed by atoms with van der Waals surface area (Å²) < 4.78 is 0. The van der Waals surface area contributed by atoms with Crippen LogP contribution in [0.25, 0.3) is 0 Å². The Kier molecular flexibility index (Phi) is 8.17. The van der Waals surface area contributed by atoms with Crippen molar-refractivity contribution < 1.29 is 4.79 Å². The maximum Gasteiger partial charge on any atom is 0.243 e. The number of amides is 1. The van der Waals surface area contributed by atoms with Gasteiger partial charge in [0.25, 0.3) is 0 Å². The van der Waals surface area contributed by atoms with Gasteiger partial charge in [0, 0.05) is 6.54 Å². The van der Waals surface area contributed by atoms with E-state index in [1.54, 1.807) is 0 Å². The maximum absolute atomic E-state index is 10.8. The molecule has 0 bridgehead atoms. The molecule has 0 saturated carbocycles. The first-order valence-corrected chi connectivity index (χ1v) is 4.99. The summed E-state index contributed by atoms with van der Waals surface area (Å²) in [6, 6.07) is 0. The molecule has 82 valence electrons. The molecule has 3 N–H and O–H groups in total. The van der Waals surface area contributed by atoms with Gasteiger partial charge in [0.2, 0.25) is 5.91 Å². The molecule has 0 aromatic rings. The number of hydrogen-bond acceptors (Lipinski definition) is 3. The molecule has 0 atom stereocenters. The minimum atomic E-state index is -0.102. The molecule has 0 aliphatic heterocycles. The number of nitrogens with two attached hydrogens (primary N) is 1. The first-order valence-electron chi connectivity index (χ1n) is 4.99. The number of nitrogens with one attached hydrogen (secondary N) is 1. The molecule has 0 spiro atoms. The van der Waals surface area contributed by atoms with Gasteiger partial charge in [-0.2, -0.15) is 0 Å². The topological polar surface area (TPSA) is 58.4 Å². The van der Waals surface area contributed by atoms with E-state index in [1.165, 1.54) is 6.08 Å². The summed E-state index contributed by atoms with van der Waals surface area (Å²) in [6.45, 7) is 6.82. The van der Waals surface area contributed by atoms with E-state index in [0.717, 1.165) is 32.5 Å². The Hall–Kier alpha value is -0.870. The first-order chi connectivity index (χ1) is 6.70. The van der Waals surface area contributed by atoms with Crippen molar-refractivity contribution in [3.05, 3.63) is 12.7 Å². The summed E-state index contributed by atoms with van der Waals surface area (Å²) in [6.07, 6.45) is 3.27. The summed E-state index contributed by atoms with van der Waals surface area (Å²) in [5.74, 6) is -0.102. The lowest BCUT2D eigenvalue weighted by molar-refractivity contribution is -0.116. The Morgan fingerprint density at radius 1 is 1.50 bits per heavy atom. The summed E-state index contributed by atoms with van der Waals surface area (Å²) >= 11 is 0. The van der Waals surface area contributed by atoms with Crippen molar-refractivity contribution in [2.45, 2.75) is 12.8 Å². The minimum Gasteiger partial charge on any atom is -0.353 e. The number of hydrogen-bond donors (Lipinski definition) is 2. The van der Waals surface area contributed by atoms with Crippen LogP contribution in [0.15, 0.2) is 12.7 Å². The molecule has 0 aliphatic rings. The molecule has 0 fully saturated rings. The lowest BCUT2D eigenvalue weighted by atomic mass is 10.3. The van der Waals surface area contributed by atoms with Crippen molar-refractivity contribution in [1.82, 2.24) is 10.2 Å². The summed E-state index contributed by atoms with van der Waals surface area (Å²) in [4.78, 5) is 13.0. The standard InChI is InChI=1S/C10H21N3O/c1-3-10(14)12-7-5-9-13(2)8-4-6-11/h3H,1,4-9,11H2,2H3,(H,12,14). The van der Waals surface area contributed by atoms with Gasteiger partial charge >= 0.3 is 0 Å². The second kappa shape index (κ2) is 8.72. The molecular formula is C10H21N3O. The predicted octanol–water partition coefficient (Wildman–Crippen LogP) is -0.0407. The van der Waals surface area contributed by atoms with Gasteiger partial charge in [-0.25, -0.2) is 0 Å².